The first-order valence-corrected chi connectivity index (χ1v) is 3.77. The number of nitrogens with zero attached hydrogens (tertiary/aromatic N) is 1. The maximum absolute atomic E-state index is 10.7. The van der Waals surface area contributed by atoms with E-state index in [2.05, 4.69) is 10.5 Å². The van der Waals surface area contributed by atoms with Crippen molar-refractivity contribution in [2.45, 2.75) is 32.9 Å². The second-order valence-electron chi connectivity index (χ2n) is 2.70. The second-order valence-corrected chi connectivity index (χ2v) is 2.70. The molecule has 0 aliphatic carbocycles. The molecule has 0 saturated heterocycles. The predicted molar refractivity (Wildman–Crippen MR) is 46.9 cm³/mol. The summed E-state index contributed by atoms with van der Waals surface area (Å²) in [4.78, 5) is 10.7. The minimum Gasteiger partial charge on any atom is -0.446 e. The Morgan fingerprint density at radius 2 is 2.17 bits per heavy atom. The normalized spacial score (nSPS) is 13.4. The van der Waals surface area contributed by atoms with Crippen LogP contribution in [0.1, 0.15) is 20.8 Å². The molecule has 0 spiro atoms. The molecule has 12 heavy (non-hydrogen) atoms. The fourth-order valence-corrected chi connectivity index (χ4v) is 0.448. The van der Waals surface area contributed by atoms with Crippen LogP contribution in [-0.4, -0.2) is 24.5 Å². The van der Waals surface area contributed by atoms with Crippen LogP contribution < -0.4 is 11.2 Å². The molecule has 0 radical (unpaired) electrons. The van der Waals surface area contributed by atoms with Gasteiger partial charge in [0.1, 0.15) is 0 Å². The number of rotatable bonds is 3. The molecule has 1 amide bonds. The van der Waals surface area contributed by atoms with Gasteiger partial charge in [0, 0.05) is 12.3 Å². The van der Waals surface area contributed by atoms with Crippen LogP contribution in [0.25, 0.3) is 0 Å². The molecule has 1 atom stereocenters. The third-order valence-corrected chi connectivity index (χ3v) is 0.808. The molecule has 0 bridgehead atoms. The maximum atomic E-state index is 10.7. The van der Waals surface area contributed by atoms with Gasteiger partial charge >= 0.3 is 6.09 Å². The van der Waals surface area contributed by atoms with E-state index in [0.717, 1.165) is 0 Å². The molecule has 0 aliphatic rings. The zero-order valence-electron chi connectivity index (χ0n) is 7.57. The smallest absolute Gasteiger partial charge is 0.427 e. The van der Waals surface area contributed by atoms with E-state index in [9.17, 15) is 4.79 Å². The lowest BCUT2D eigenvalue weighted by molar-refractivity contribution is 0.116. The van der Waals surface area contributed by atoms with Crippen LogP contribution >= 0.6 is 0 Å². The van der Waals surface area contributed by atoms with Crippen molar-refractivity contribution in [2.75, 3.05) is 0 Å². The number of nitrogens with two attached hydrogens (primary N) is 1. The van der Waals surface area contributed by atoms with Crippen LogP contribution in [-0.2, 0) is 4.74 Å². The van der Waals surface area contributed by atoms with Gasteiger partial charge < -0.3 is 10.5 Å². The molecule has 1 unspecified atom stereocenters. The molecule has 5 nitrogen and oxygen atoms in total. The lowest BCUT2D eigenvalue weighted by Crippen LogP contribution is -2.24. The minimum atomic E-state index is -0.568. The third kappa shape index (κ3) is 7.01. The lowest BCUT2D eigenvalue weighted by atomic mass is 10.4. The van der Waals surface area contributed by atoms with Crippen molar-refractivity contribution in [1.29, 1.82) is 0 Å². The Bertz CT molecular complexity index is 166. The number of amides is 1. The average molecular weight is 173 g/mol. The molecule has 3 N–H and O–H groups in total. The Morgan fingerprint density at radius 1 is 1.58 bits per heavy atom. The summed E-state index contributed by atoms with van der Waals surface area (Å²) in [7, 11) is 0. The SMILES string of the molecule is CC(N)C=NNC(=O)OC(C)C. The summed E-state index contributed by atoms with van der Waals surface area (Å²) in [5.74, 6) is 0. The highest BCUT2D eigenvalue weighted by molar-refractivity contribution is 5.70. The molecule has 0 heterocycles. The number of hydrogen-bond donors (Lipinski definition) is 2. The molecule has 0 aliphatic heterocycles. The van der Waals surface area contributed by atoms with E-state index in [1.54, 1.807) is 20.8 Å². The van der Waals surface area contributed by atoms with E-state index in [1.165, 1.54) is 6.21 Å². The van der Waals surface area contributed by atoms with Gasteiger partial charge in [-0.15, -0.1) is 0 Å². The van der Waals surface area contributed by atoms with Crippen molar-refractivity contribution in [1.82, 2.24) is 5.43 Å². The average Bonchev–Trinajstić information content (AvgIpc) is 1.84. The van der Waals surface area contributed by atoms with Gasteiger partial charge in [-0.05, 0) is 20.8 Å². The molecular weight excluding hydrogens is 158 g/mol. The monoisotopic (exact) mass is 173 g/mol. The molecule has 5 heteroatoms. The third-order valence-electron chi connectivity index (χ3n) is 0.808. The summed E-state index contributed by atoms with van der Waals surface area (Å²) < 4.78 is 4.73. The molecule has 0 rings (SSSR count). The van der Waals surface area contributed by atoms with E-state index in [1.807, 2.05) is 0 Å². The van der Waals surface area contributed by atoms with Crippen LogP contribution in [0.5, 0.6) is 0 Å². The van der Waals surface area contributed by atoms with Gasteiger partial charge in [0.25, 0.3) is 0 Å². The first-order chi connectivity index (χ1) is 5.52. The summed E-state index contributed by atoms with van der Waals surface area (Å²) in [6.07, 6.45) is 0.707. The van der Waals surface area contributed by atoms with E-state index >= 15 is 0 Å². The van der Waals surface area contributed by atoms with Gasteiger partial charge in [0.05, 0.1) is 6.10 Å². The summed E-state index contributed by atoms with van der Waals surface area (Å²) >= 11 is 0. The van der Waals surface area contributed by atoms with Crippen LogP contribution in [0.4, 0.5) is 4.79 Å². The first kappa shape index (κ1) is 10.9. The molecule has 0 fully saturated rings. The Kier molecular flexibility index (Phi) is 5.03. The fraction of sp³-hybridized carbons (Fsp3) is 0.714. The molecule has 70 valence electrons. The van der Waals surface area contributed by atoms with Crippen molar-refractivity contribution in [3.05, 3.63) is 0 Å². The van der Waals surface area contributed by atoms with Crippen molar-refractivity contribution in [2.24, 2.45) is 10.8 Å². The van der Waals surface area contributed by atoms with Gasteiger partial charge in [-0.25, -0.2) is 10.2 Å². The Morgan fingerprint density at radius 3 is 2.58 bits per heavy atom. The molecular formula is C7H15N3O2. The first-order valence-electron chi connectivity index (χ1n) is 3.77. The van der Waals surface area contributed by atoms with Crippen molar-refractivity contribution in [3.8, 4) is 0 Å². The Hall–Kier alpha value is -1.10. The Labute approximate surface area is 72.0 Å². The van der Waals surface area contributed by atoms with Gasteiger partial charge in [0.15, 0.2) is 0 Å². The van der Waals surface area contributed by atoms with E-state index < -0.39 is 6.09 Å². The second kappa shape index (κ2) is 5.54. The summed E-state index contributed by atoms with van der Waals surface area (Å²) in [6.45, 7) is 5.27. The zero-order valence-corrected chi connectivity index (χ0v) is 7.57. The number of hydrazone groups is 1. The van der Waals surface area contributed by atoms with E-state index in [0.29, 0.717) is 0 Å². The summed E-state index contributed by atoms with van der Waals surface area (Å²) in [5, 5.41) is 3.55. The van der Waals surface area contributed by atoms with E-state index in [4.69, 9.17) is 10.5 Å². The van der Waals surface area contributed by atoms with Crippen LogP contribution in [0.2, 0.25) is 0 Å². The van der Waals surface area contributed by atoms with Gasteiger partial charge in [-0.1, -0.05) is 0 Å². The number of hydrogen-bond acceptors (Lipinski definition) is 4. The standard InChI is InChI=1S/C7H15N3O2/c1-5(2)12-7(11)10-9-4-6(3)8/h4-6H,8H2,1-3H3,(H,10,11). The highest BCUT2D eigenvalue weighted by Gasteiger charge is 2.01. The Balaban J connectivity index is 3.57. The minimum absolute atomic E-state index is 0.143. The number of ether oxygens (including phenoxy) is 1. The maximum Gasteiger partial charge on any atom is 0.427 e. The van der Waals surface area contributed by atoms with Crippen molar-refractivity contribution < 1.29 is 9.53 Å². The van der Waals surface area contributed by atoms with Gasteiger partial charge in [-0.2, -0.15) is 5.10 Å². The van der Waals surface area contributed by atoms with Gasteiger partial charge in [-0.3, -0.25) is 0 Å². The zero-order chi connectivity index (χ0) is 9.56. The lowest BCUT2D eigenvalue weighted by Gasteiger charge is -2.05. The largest absolute Gasteiger partial charge is 0.446 e. The number of nitrogens with one attached hydrogen (secondary N) is 1. The summed E-state index contributed by atoms with van der Waals surface area (Å²) in [5.41, 5.74) is 7.51. The van der Waals surface area contributed by atoms with E-state index in [-0.39, 0.29) is 12.1 Å². The van der Waals surface area contributed by atoms with Crippen molar-refractivity contribution >= 4 is 12.3 Å². The number of carbonyl (C=O) groups is 1. The molecule has 0 aromatic carbocycles. The molecule has 0 aromatic heterocycles. The fourth-order valence-electron chi connectivity index (χ4n) is 0.448. The summed E-state index contributed by atoms with van der Waals surface area (Å²) in [6, 6.07) is -0.177. The highest BCUT2D eigenvalue weighted by atomic mass is 16.6. The van der Waals surface area contributed by atoms with Gasteiger partial charge in [0.2, 0.25) is 0 Å². The van der Waals surface area contributed by atoms with Crippen LogP contribution in [0.15, 0.2) is 5.10 Å². The highest BCUT2D eigenvalue weighted by Crippen LogP contribution is 1.87. The predicted octanol–water partition coefficient (Wildman–Crippen LogP) is 0.454. The number of carbonyl (C=O) groups excluding carboxylic acids is 1. The van der Waals surface area contributed by atoms with Crippen LogP contribution in [0, 0.1) is 0 Å². The molecule has 0 saturated carbocycles. The topological polar surface area (TPSA) is 76.7 Å². The molecule has 0 aromatic rings. The quantitative estimate of drug-likeness (QED) is 0.480. The van der Waals surface area contributed by atoms with Crippen LogP contribution in [0.3, 0.4) is 0 Å². The van der Waals surface area contributed by atoms with Crippen molar-refractivity contribution in [3.63, 3.8) is 0 Å².